The molecule has 0 fully saturated rings. The highest BCUT2D eigenvalue weighted by atomic mass is 16.2. The highest BCUT2D eigenvalue weighted by molar-refractivity contribution is 6.43. The van der Waals surface area contributed by atoms with Crippen LogP contribution < -0.4 is 0 Å². The molecule has 1 N–H and O–H groups in total. The maximum Gasteiger partial charge on any atom is 0.230 e. The third-order valence-corrected chi connectivity index (χ3v) is 1.43. The van der Waals surface area contributed by atoms with Crippen molar-refractivity contribution in [3.8, 4) is 0 Å². The number of H-pyrrole nitrogens is 1. The fourth-order valence-corrected chi connectivity index (χ4v) is 0.787. The second-order valence-corrected chi connectivity index (χ2v) is 2.21. The van der Waals surface area contributed by atoms with E-state index in [1.54, 1.807) is 19.2 Å². The Morgan fingerprint density at radius 3 is 2.73 bits per heavy atom. The molecule has 0 atom stereocenters. The first-order valence-electron chi connectivity index (χ1n) is 3.46. The second-order valence-electron chi connectivity index (χ2n) is 2.21. The zero-order chi connectivity index (χ0) is 8.27. The van der Waals surface area contributed by atoms with Crippen molar-refractivity contribution in [3.63, 3.8) is 0 Å². The van der Waals surface area contributed by atoms with E-state index in [1.165, 1.54) is 6.20 Å². The molecule has 0 aliphatic rings. The molecule has 0 aliphatic carbocycles. The van der Waals surface area contributed by atoms with Gasteiger partial charge in [0.2, 0.25) is 11.6 Å². The standard InChI is InChI=1S/C8H9NO2/c1-2-7(10)8(11)6-3-4-9-5-6/h3-5,9H,2H2,1H3. The Balaban J connectivity index is 2.79. The van der Waals surface area contributed by atoms with Gasteiger partial charge in [0, 0.05) is 24.4 Å². The molecule has 1 heterocycles. The van der Waals surface area contributed by atoms with Gasteiger partial charge in [-0.15, -0.1) is 0 Å². The van der Waals surface area contributed by atoms with Gasteiger partial charge in [-0.3, -0.25) is 9.59 Å². The van der Waals surface area contributed by atoms with E-state index in [0.29, 0.717) is 5.56 Å². The maximum atomic E-state index is 11.1. The molecule has 0 aromatic carbocycles. The first-order chi connectivity index (χ1) is 5.25. The number of Topliss-reactive ketones (excluding diaryl/α,β-unsaturated/α-hetero) is 2. The van der Waals surface area contributed by atoms with Gasteiger partial charge in [-0.05, 0) is 6.07 Å². The Kier molecular flexibility index (Phi) is 2.21. The van der Waals surface area contributed by atoms with Crippen molar-refractivity contribution >= 4 is 11.6 Å². The van der Waals surface area contributed by atoms with Crippen LogP contribution in [0.25, 0.3) is 0 Å². The van der Waals surface area contributed by atoms with Gasteiger partial charge < -0.3 is 4.98 Å². The molecule has 0 unspecified atom stereocenters. The molecule has 0 saturated carbocycles. The number of hydrogen-bond acceptors (Lipinski definition) is 2. The Morgan fingerprint density at radius 1 is 1.55 bits per heavy atom. The molecule has 3 heteroatoms. The predicted molar refractivity (Wildman–Crippen MR) is 40.4 cm³/mol. The maximum absolute atomic E-state index is 11.1. The molecule has 0 amide bonds. The minimum Gasteiger partial charge on any atom is -0.367 e. The van der Waals surface area contributed by atoms with E-state index in [1.807, 2.05) is 0 Å². The van der Waals surface area contributed by atoms with E-state index in [0.717, 1.165) is 0 Å². The lowest BCUT2D eigenvalue weighted by atomic mass is 10.1. The lowest BCUT2D eigenvalue weighted by Gasteiger charge is -1.90. The minimum absolute atomic E-state index is 0.268. The van der Waals surface area contributed by atoms with Gasteiger partial charge in [-0.1, -0.05) is 6.92 Å². The van der Waals surface area contributed by atoms with Crippen molar-refractivity contribution in [1.29, 1.82) is 0 Å². The lowest BCUT2D eigenvalue weighted by Crippen LogP contribution is -2.11. The van der Waals surface area contributed by atoms with Gasteiger partial charge >= 0.3 is 0 Å². The predicted octanol–water partition coefficient (Wildman–Crippen LogP) is 1.18. The molecule has 0 aliphatic heterocycles. The summed E-state index contributed by atoms with van der Waals surface area (Å²) in [6.45, 7) is 1.67. The lowest BCUT2D eigenvalue weighted by molar-refractivity contribution is -0.114. The Morgan fingerprint density at radius 2 is 2.27 bits per heavy atom. The normalized spacial score (nSPS) is 9.55. The summed E-state index contributed by atoms with van der Waals surface area (Å²) in [6, 6.07) is 1.59. The van der Waals surface area contributed by atoms with Crippen molar-refractivity contribution in [2.24, 2.45) is 0 Å². The van der Waals surface area contributed by atoms with E-state index in [2.05, 4.69) is 4.98 Å². The van der Waals surface area contributed by atoms with Gasteiger partial charge in [0.25, 0.3) is 0 Å². The zero-order valence-corrected chi connectivity index (χ0v) is 6.26. The summed E-state index contributed by atoms with van der Waals surface area (Å²) in [5, 5.41) is 0. The summed E-state index contributed by atoms with van der Waals surface area (Å²) in [5.41, 5.74) is 0.442. The quantitative estimate of drug-likeness (QED) is 0.520. The van der Waals surface area contributed by atoms with Gasteiger partial charge in [-0.25, -0.2) is 0 Å². The van der Waals surface area contributed by atoms with Gasteiger partial charge in [0.05, 0.1) is 0 Å². The molecule has 0 bridgehead atoms. The average Bonchev–Trinajstić information content (AvgIpc) is 2.53. The number of rotatable bonds is 3. The van der Waals surface area contributed by atoms with Crippen LogP contribution in [0.4, 0.5) is 0 Å². The summed E-state index contributed by atoms with van der Waals surface area (Å²) in [5.74, 6) is -0.752. The van der Waals surface area contributed by atoms with E-state index < -0.39 is 5.78 Å². The van der Waals surface area contributed by atoms with Crippen molar-refractivity contribution in [2.45, 2.75) is 13.3 Å². The number of carbonyl (C=O) groups is 2. The smallest absolute Gasteiger partial charge is 0.230 e. The Bertz CT molecular complexity index is 262. The van der Waals surface area contributed by atoms with Gasteiger partial charge in [0.15, 0.2) is 0 Å². The molecular formula is C8H9NO2. The van der Waals surface area contributed by atoms with Crippen LogP contribution in [-0.2, 0) is 4.79 Å². The van der Waals surface area contributed by atoms with E-state index >= 15 is 0 Å². The van der Waals surface area contributed by atoms with Crippen LogP contribution in [0.2, 0.25) is 0 Å². The number of ketones is 2. The third-order valence-electron chi connectivity index (χ3n) is 1.43. The molecule has 1 aromatic heterocycles. The molecule has 1 rings (SSSR count). The summed E-state index contributed by atoms with van der Waals surface area (Å²) < 4.78 is 0. The van der Waals surface area contributed by atoms with Crippen molar-refractivity contribution in [1.82, 2.24) is 4.98 Å². The fourth-order valence-electron chi connectivity index (χ4n) is 0.787. The molecule has 0 spiro atoms. The van der Waals surface area contributed by atoms with Crippen LogP contribution in [0.5, 0.6) is 0 Å². The van der Waals surface area contributed by atoms with Crippen LogP contribution in [0, 0.1) is 0 Å². The second kappa shape index (κ2) is 3.14. The number of aromatic amines is 1. The van der Waals surface area contributed by atoms with Crippen molar-refractivity contribution in [2.75, 3.05) is 0 Å². The van der Waals surface area contributed by atoms with Crippen LogP contribution >= 0.6 is 0 Å². The van der Waals surface area contributed by atoms with Gasteiger partial charge in [-0.2, -0.15) is 0 Å². The Hall–Kier alpha value is -1.38. The number of nitrogens with one attached hydrogen (secondary N) is 1. The summed E-state index contributed by atoms with van der Waals surface area (Å²) >= 11 is 0. The van der Waals surface area contributed by atoms with Gasteiger partial charge in [0.1, 0.15) is 0 Å². The summed E-state index contributed by atoms with van der Waals surface area (Å²) in [7, 11) is 0. The zero-order valence-electron chi connectivity index (χ0n) is 6.26. The Labute approximate surface area is 64.4 Å². The topological polar surface area (TPSA) is 49.9 Å². The first kappa shape index (κ1) is 7.72. The van der Waals surface area contributed by atoms with E-state index in [9.17, 15) is 9.59 Å². The summed E-state index contributed by atoms with van der Waals surface area (Å²) in [6.07, 6.45) is 3.41. The molecule has 3 nitrogen and oxygen atoms in total. The molecule has 1 aromatic rings. The van der Waals surface area contributed by atoms with Crippen molar-refractivity contribution < 1.29 is 9.59 Å². The van der Waals surface area contributed by atoms with Crippen LogP contribution in [0.3, 0.4) is 0 Å². The largest absolute Gasteiger partial charge is 0.367 e. The van der Waals surface area contributed by atoms with E-state index in [-0.39, 0.29) is 12.2 Å². The number of hydrogen-bond donors (Lipinski definition) is 1. The highest BCUT2D eigenvalue weighted by Crippen LogP contribution is 2.00. The molecule has 0 radical (unpaired) electrons. The first-order valence-corrected chi connectivity index (χ1v) is 3.46. The van der Waals surface area contributed by atoms with E-state index in [4.69, 9.17) is 0 Å². The molecule has 11 heavy (non-hydrogen) atoms. The average molecular weight is 151 g/mol. The highest BCUT2D eigenvalue weighted by Gasteiger charge is 2.13. The third kappa shape index (κ3) is 1.55. The molecular weight excluding hydrogens is 142 g/mol. The van der Waals surface area contributed by atoms with Crippen molar-refractivity contribution in [3.05, 3.63) is 24.0 Å². The fraction of sp³-hybridized carbons (Fsp3) is 0.250. The SMILES string of the molecule is CCC(=O)C(=O)c1cc[nH]c1. The van der Waals surface area contributed by atoms with Crippen LogP contribution in [0.1, 0.15) is 23.7 Å². The monoisotopic (exact) mass is 151 g/mol. The summed E-state index contributed by atoms with van der Waals surface area (Å²) in [4.78, 5) is 24.6. The van der Waals surface area contributed by atoms with Crippen LogP contribution in [-0.4, -0.2) is 16.6 Å². The number of carbonyl (C=O) groups excluding carboxylic acids is 2. The molecule has 0 saturated heterocycles. The minimum atomic E-state index is -0.409. The molecule has 58 valence electrons. The number of aromatic nitrogens is 1. The van der Waals surface area contributed by atoms with Crippen LogP contribution in [0.15, 0.2) is 18.5 Å².